The van der Waals surface area contributed by atoms with Gasteiger partial charge in [0.25, 0.3) is 0 Å². The van der Waals surface area contributed by atoms with E-state index in [9.17, 15) is 15.0 Å². The molecule has 0 aromatic heterocycles. The van der Waals surface area contributed by atoms with Crippen LogP contribution in [0.25, 0.3) is 0 Å². The molecule has 5 atom stereocenters. The van der Waals surface area contributed by atoms with Crippen LogP contribution in [0.2, 0.25) is 0 Å². The molecule has 0 spiro atoms. The van der Waals surface area contributed by atoms with E-state index < -0.39 is 42.5 Å². The van der Waals surface area contributed by atoms with E-state index in [2.05, 4.69) is 10.3 Å². The summed E-state index contributed by atoms with van der Waals surface area (Å²) < 4.78 is 10.5. The molecule has 0 aromatic rings. The highest BCUT2D eigenvalue weighted by Crippen LogP contribution is 2.35. The Hall–Kier alpha value is -1.13. The van der Waals surface area contributed by atoms with Crippen molar-refractivity contribution in [2.24, 2.45) is 10.4 Å². The van der Waals surface area contributed by atoms with E-state index >= 15 is 0 Å². The quantitative estimate of drug-likeness (QED) is 0.532. The smallest absolute Gasteiger partial charge is 0.413 e. The number of aliphatic hydroxyl groups excluding tert-OH is 3. The largest absolute Gasteiger partial charge is 0.445 e. The van der Waals surface area contributed by atoms with Crippen LogP contribution in [0.5, 0.6) is 0 Å². The molecule has 2 rings (SSSR count). The van der Waals surface area contributed by atoms with E-state index in [1.165, 1.54) is 0 Å². The maximum absolute atomic E-state index is 11.7. The van der Waals surface area contributed by atoms with Crippen molar-refractivity contribution in [1.82, 2.24) is 5.32 Å². The van der Waals surface area contributed by atoms with Gasteiger partial charge in [-0.2, -0.15) is 0 Å². The fraction of sp³-hybridized carbons (Fsp3) is 0.733. The molecule has 0 aliphatic carbocycles. The summed E-state index contributed by atoms with van der Waals surface area (Å²) >= 11 is 1.11. The Balaban J connectivity index is 1.84. The van der Waals surface area contributed by atoms with Crippen LogP contribution in [0, 0.1) is 5.41 Å². The van der Waals surface area contributed by atoms with Gasteiger partial charge in [-0.25, -0.2) is 4.79 Å². The Labute approximate surface area is 144 Å². The monoisotopic (exact) mass is 360 g/mol. The molecular formula is C15H24N2O6S. The molecule has 2 aliphatic rings. The number of amides is 1. The van der Waals surface area contributed by atoms with E-state index in [1.54, 1.807) is 6.08 Å². The topological polar surface area (TPSA) is 121 Å². The Morgan fingerprint density at radius 2 is 2.12 bits per heavy atom. The number of nitrogens with one attached hydrogen (secondary N) is 1. The number of aliphatic imine (C=N–C) groups is 1. The van der Waals surface area contributed by atoms with Gasteiger partial charge in [-0.05, 0) is 5.41 Å². The number of hydrogen-bond acceptors (Lipinski definition) is 8. The second-order valence-electron chi connectivity index (χ2n) is 6.74. The minimum Gasteiger partial charge on any atom is -0.445 e. The van der Waals surface area contributed by atoms with Crippen molar-refractivity contribution in [3.8, 4) is 0 Å². The Bertz CT molecular complexity index is 519. The maximum atomic E-state index is 11.7. The van der Waals surface area contributed by atoms with Gasteiger partial charge in [0.1, 0.15) is 36.4 Å². The number of amidine groups is 1. The SMILES string of the molecule is CC(C)(C)C=CCOC(=O)NC1=N[C@@H]2[C@@H](O)[C@H](O)[C@@H](CO)O[C@@H]2S1. The number of rotatable bonds is 3. The van der Waals surface area contributed by atoms with Gasteiger partial charge >= 0.3 is 6.09 Å². The third kappa shape index (κ3) is 4.93. The molecule has 24 heavy (non-hydrogen) atoms. The van der Waals surface area contributed by atoms with Crippen molar-refractivity contribution in [3.63, 3.8) is 0 Å². The number of allylic oxidation sites excluding steroid dienone is 1. The summed E-state index contributed by atoms with van der Waals surface area (Å²) in [6.45, 7) is 5.84. The van der Waals surface area contributed by atoms with E-state index in [0.717, 1.165) is 11.8 Å². The first-order chi connectivity index (χ1) is 11.2. The lowest BCUT2D eigenvalue weighted by Crippen LogP contribution is -2.55. The number of ether oxygens (including phenoxy) is 2. The van der Waals surface area contributed by atoms with Gasteiger partial charge in [-0.1, -0.05) is 44.7 Å². The maximum Gasteiger partial charge on any atom is 0.413 e. The Morgan fingerprint density at radius 3 is 2.75 bits per heavy atom. The second-order valence-corrected chi connectivity index (χ2v) is 7.83. The Kier molecular flexibility index (Phi) is 6.27. The predicted molar refractivity (Wildman–Crippen MR) is 89.7 cm³/mol. The first-order valence-electron chi connectivity index (χ1n) is 7.69. The van der Waals surface area contributed by atoms with Gasteiger partial charge in [0.05, 0.1) is 6.61 Å². The highest BCUT2D eigenvalue weighted by Gasteiger charge is 2.48. The predicted octanol–water partition coefficient (Wildman–Crippen LogP) is 0.225. The molecule has 2 aliphatic heterocycles. The van der Waals surface area contributed by atoms with Gasteiger partial charge in [0.15, 0.2) is 5.17 Å². The van der Waals surface area contributed by atoms with Crippen molar-refractivity contribution in [1.29, 1.82) is 0 Å². The average Bonchev–Trinajstić information content (AvgIpc) is 2.89. The molecule has 9 heteroatoms. The van der Waals surface area contributed by atoms with Gasteiger partial charge < -0.3 is 24.8 Å². The molecule has 8 nitrogen and oxygen atoms in total. The van der Waals surface area contributed by atoms with Crippen molar-refractivity contribution < 1.29 is 29.6 Å². The summed E-state index contributed by atoms with van der Waals surface area (Å²) in [5.74, 6) is 0. The van der Waals surface area contributed by atoms with Crippen LogP contribution in [0.1, 0.15) is 20.8 Å². The number of hydrogen-bond donors (Lipinski definition) is 4. The van der Waals surface area contributed by atoms with Crippen LogP contribution in [0.3, 0.4) is 0 Å². The number of nitrogens with zero attached hydrogens (tertiary/aromatic N) is 1. The zero-order valence-electron chi connectivity index (χ0n) is 13.9. The highest BCUT2D eigenvalue weighted by atomic mass is 32.2. The van der Waals surface area contributed by atoms with Gasteiger partial charge in [0, 0.05) is 0 Å². The van der Waals surface area contributed by atoms with E-state index in [1.807, 2.05) is 26.8 Å². The molecule has 1 saturated heterocycles. The van der Waals surface area contributed by atoms with Crippen LogP contribution in [-0.4, -0.2) is 69.6 Å². The minimum absolute atomic E-state index is 0.0124. The molecule has 0 aromatic carbocycles. The Morgan fingerprint density at radius 1 is 1.42 bits per heavy atom. The first-order valence-corrected chi connectivity index (χ1v) is 8.57. The summed E-state index contributed by atoms with van der Waals surface area (Å²) in [6.07, 6.45) is -0.229. The molecule has 0 saturated carbocycles. The summed E-state index contributed by atoms with van der Waals surface area (Å²) in [5, 5.41) is 31.7. The van der Waals surface area contributed by atoms with Crippen LogP contribution in [0.15, 0.2) is 17.1 Å². The second kappa shape index (κ2) is 7.83. The molecule has 4 N–H and O–H groups in total. The molecule has 2 heterocycles. The van der Waals surface area contributed by atoms with Crippen LogP contribution in [-0.2, 0) is 9.47 Å². The molecule has 1 amide bonds. The zero-order valence-corrected chi connectivity index (χ0v) is 14.7. The van der Waals surface area contributed by atoms with Crippen molar-refractivity contribution in [2.75, 3.05) is 13.2 Å². The number of alkyl carbamates (subject to hydrolysis) is 1. The lowest BCUT2D eigenvalue weighted by molar-refractivity contribution is -0.164. The number of carbonyl (C=O) groups is 1. The number of thioether (sulfide) groups is 1. The minimum atomic E-state index is -1.23. The van der Waals surface area contributed by atoms with Crippen molar-refractivity contribution in [3.05, 3.63) is 12.2 Å². The molecular weight excluding hydrogens is 336 g/mol. The summed E-state index contributed by atoms with van der Waals surface area (Å²) in [7, 11) is 0. The lowest BCUT2D eigenvalue weighted by Gasteiger charge is -2.37. The third-order valence-corrected chi connectivity index (χ3v) is 4.53. The molecule has 0 radical (unpaired) electrons. The summed E-state index contributed by atoms with van der Waals surface area (Å²) in [4.78, 5) is 15.9. The molecule has 1 fully saturated rings. The van der Waals surface area contributed by atoms with Crippen LogP contribution in [0.4, 0.5) is 4.79 Å². The average molecular weight is 360 g/mol. The van der Waals surface area contributed by atoms with Gasteiger partial charge in [-0.3, -0.25) is 10.3 Å². The van der Waals surface area contributed by atoms with Crippen LogP contribution < -0.4 is 5.32 Å². The van der Waals surface area contributed by atoms with Gasteiger partial charge in [-0.15, -0.1) is 0 Å². The third-order valence-electron chi connectivity index (χ3n) is 3.48. The van der Waals surface area contributed by atoms with E-state index in [-0.39, 0.29) is 17.2 Å². The van der Waals surface area contributed by atoms with Gasteiger partial charge in [0.2, 0.25) is 0 Å². The highest BCUT2D eigenvalue weighted by molar-refractivity contribution is 8.14. The standard InChI is InChI=1S/C15H24N2O6S/c1-15(2,3)5-4-6-22-14(21)17-13-16-9-11(20)10(19)8(7-18)23-12(9)24-13/h4-5,8-12,18-20H,6-7H2,1-3H3,(H,16,17,21)/t8-,9-,10-,11-,12-/m1/s1. The summed E-state index contributed by atoms with van der Waals surface area (Å²) in [5.41, 5.74) is -0.560. The summed E-state index contributed by atoms with van der Waals surface area (Å²) in [6, 6.07) is -0.705. The normalized spacial score (nSPS) is 33.2. The number of fused-ring (bicyclic) bond motifs is 1. The van der Waals surface area contributed by atoms with E-state index in [0.29, 0.717) is 0 Å². The van der Waals surface area contributed by atoms with Crippen LogP contribution >= 0.6 is 11.8 Å². The molecule has 0 unspecified atom stereocenters. The molecule has 0 bridgehead atoms. The van der Waals surface area contributed by atoms with Crippen molar-refractivity contribution >= 4 is 23.0 Å². The number of carbonyl (C=O) groups excluding carboxylic acids is 1. The lowest BCUT2D eigenvalue weighted by atomic mass is 9.96. The fourth-order valence-corrected chi connectivity index (χ4v) is 3.39. The number of aliphatic hydroxyl groups is 3. The van der Waals surface area contributed by atoms with E-state index in [4.69, 9.17) is 14.6 Å². The zero-order chi connectivity index (χ0) is 17.9. The molecule has 136 valence electrons. The fourth-order valence-electron chi connectivity index (χ4n) is 2.29. The van der Waals surface area contributed by atoms with Crippen molar-refractivity contribution in [2.45, 2.75) is 50.6 Å². The first kappa shape index (κ1) is 19.2.